The fourth-order valence-corrected chi connectivity index (χ4v) is 2.80. The summed E-state index contributed by atoms with van der Waals surface area (Å²) in [6, 6.07) is 0. The van der Waals surface area contributed by atoms with Crippen LogP contribution in [0.3, 0.4) is 0 Å². The minimum atomic E-state index is -3.65. The van der Waals surface area contributed by atoms with Gasteiger partial charge >= 0.3 is 0 Å². The monoisotopic (exact) mass is 232 g/mol. The Hall–Kier alpha value is -1.12. The number of sulfonamides is 1. The summed E-state index contributed by atoms with van der Waals surface area (Å²) < 4.78 is 26.2. The van der Waals surface area contributed by atoms with Crippen LogP contribution in [0.15, 0.2) is 11.1 Å². The van der Waals surface area contributed by atoms with Gasteiger partial charge in [-0.15, -0.1) is 0 Å². The molecule has 0 spiro atoms. The van der Waals surface area contributed by atoms with Gasteiger partial charge in [-0.2, -0.15) is 5.10 Å². The van der Waals surface area contributed by atoms with Crippen LogP contribution in [0.2, 0.25) is 0 Å². The molecule has 15 heavy (non-hydrogen) atoms. The van der Waals surface area contributed by atoms with Gasteiger partial charge in [-0.1, -0.05) is 4.47 Å². The molecule has 0 saturated carbocycles. The van der Waals surface area contributed by atoms with E-state index < -0.39 is 10.0 Å². The molecule has 1 aliphatic rings. The van der Waals surface area contributed by atoms with Crippen LogP contribution >= 0.6 is 0 Å². The molecule has 0 radical (unpaired) electrons. The third-order valence-electron chi connectivity index (χ3n) is 2.09. The standard InChI is InChI=1S/C7H12N4O3S/c1-10-5-6(7(8)9-10)15(12,13)11-3-2-4-14-11/h5H,2-4H2,1H3,(H2,8,9). The van der Waals surface area contributed by atoms with Gasteiger partial charge in [0, 0.05) is 19.8 Å². The second-order valence-electron chi connectivity index (χ2n) is 3.27. The number of nitrogens with zero attached hydrogens (tertiary/aromatic N) is 3. The maximum absolute atomic E-state index is 11.9. The predicted molar refractivity (Wildman–Crippen MR) is 52.1 cm³/mol. The van der Waals surface area contributed by atoms with E-state index in [2.05, 4.69) is 5.10 Å². The van der Waals surface area contributed by atoms with Crippen LogP contribution in [-0.4, -0.2) is 35.8 Å². The van der Waals surface area contributed by atoms with Crippen molar-refractivity contribution < 1.29 is 13.3 Å². The summed E-state index contributed by atoms with van der Waals surface area (Å²) >= 11 is 0. The Morgan fingerprint density at radius 1 is 1.60 bits per heavy atom. The number of hydroxylamine groups is 1. The van der Waals surface area contributed by atoms with Crippen molar-refractivity contribution in [3.05, 3.63) is 6.20 Å². The molecule has 0 aromatic carbocycles. The Bertz CT molecular complexity index is 461. The average Bonchev–Trinajstić information content (AvgIpc) is 2.74. The zero-order chi connectivity index (χ0) is 11.1. The van der Waals surface area contributed by atoms with Crippen LogP contribution in [0, 0.1) is 0 Å². The molecule has 1 fully saturated rings. The van der Waals surface area contributed by atoms with Gasteiger partial charge < -0.3 is 5.73 Å². The first-order valence-electron chi connectivity index (χ1n) is 4.46. The molecule has 8 heteroatoms. The van der Waals surface area contributed by atoms with Gasteiger partial charge in [0.05, 0.1) is 6.61 Å². The van der Waals surface area contributed by atoms with E-state index in [1.807, 2.05) is 0 Å². The Morgan fingerprint density at radius 2 is 2.33 bits per heavy atom. The van der Waals surface area contributed by atoms with E-state index in [-0.39, 0.29) is 10.7 Å². The van der Waals surface area contributed by atoms with Crippen molar-refractivity contribution in [3.8, 4) is 0 Å². The Morgan fingerprint density at radius 3 is 2.80 bits per heavy atom. The summed E-state index contributed by atoms with van der Waals surface area (Å²) in [5.41, 5.74) is 5.50. The Balaban J connectivity index is 2.40. The van der Waals surface area contributed by atoms with Gasteiger partial charge in [0.25, 0.3) is 10.0 Å². The minimum absolute atomic E-state index is 0.00648. The quantitative estimate of drug-likeness (QED) is 0.730. The number of nitrogens with two attached hydrogens (primary N) is 1. The summed E-state index contributed by atoms with van der Waals surface area (Å²) in [6.45, 7) is 0.774. The van der Waals surface area contributed by atoms with Crippen LogP contribution in [0.5, 0.6) is 0 Å². The van der Waals surface area contributed by atoms with E-state index in [0.717, 1.165) is 4.47 Å². The van der Waals surface area contributed by atoms with Crippen LogP contribution in [0.1, 0.15) is 6.42 Å². The molecule has 2 rings (SSSR count). The maximum Gasteiger partial charge on any atom is 0.270 e. The molecule has 2 heterocycles. The predicted octanol–water partition coefficient (Wildman–Crippen LogP) is -0.672. The highest BCUT2D eigenvalue weighted by atomic mass is 32.2. The number of hydrogen-bond donors (Lipinski definition) is 1. The van der Waals surface area contributed by atoms with Crippen molar-refractivity contribution in [1.82, 2.24) is 14.2 Å². The van der Waals surface area contributed by atoms with Crippen LogP contribution in [0.4, 0.5) is 5.82 Å². The number of aryl methyl sites for hydroxylation is 1. The normalized spacial score (nSPS) is 18.5. The molecule has 0 atom stereocenters. The molecule has 7 nitrogen and oxygen atoms in total. The number of aromatic nitrogens is 2. The smallest absolute Gasteiger partial charge is 0.270 e. The van der Waals surface area contributed by atoms with E-state index in [1.165, 1.54) is 10.9 Å². The van der Waals surface area contributed by atoms with E-state index >= 15 is 0 Å². The lowest BCUT2D eigenvalue weighted by atomic mass is 10.5. The molecular weight excluding hydrogens is 220 g/mol. The van der Waals surface area contributed by atoms with Gasteiger partial charge in [-0.3, -0.25) is 9.52 Å². The van der Waals surface area contributed by atoms with Crippen molar-refractivity contribution in [2.24, 2.45) is 7.05 Å². The highest BCUT2D eigenvalue weighted by Gasteiger charge is 2.31. The lowest BCUT2D eigenvalue weighted by Gasteiger charge is -2.12. The molecule has 84 valence electrons. The van der Waals surface area contributed by atoms with Crippen LogP contribution < -0.4 is 5.73 Å². The molecule has 2 N–H and O–H groups in total. The van der Waals surface area contributed by atoms with Gasteiger partial charge in [-0.05, 0) is 6.42 Å². The molecule has 0 aliphatic carbocycles. The third-order valence-corrected chi connectivity index (χ3v) is 3.78. The van der Waals surface area contributed by atoms with Crippen molar-refractivity contribution in [2.45, 2.75) is 11.3 Å². The maximum atomic E-state index is 11.9. The van der Waals surface area contributed by atoms with E-state index in [9.17, 15) is 8.42 Å². The lowest BCUT2D eigenvalue weighted by Crippen LogP contribution is -2.27. The molecule has 0 amide bonds. The van der Waals surface area contributed by atoms with Gasteiger partial charge in [0.1, 0.15) is 4.90 Å². The van der Waals surface area contributed by atoms with Crippen molar-refractivity contribution >= 4 is 15.8 Å². The number of hydrogen-bond acceptors (Lipinski definition) is 5. The second kappa shape index (κ2) is 3.47. The number of nitrogen functional groups attached to an aromatic ring is 1. The lowest BCUT2D eigenvalue weighted by molar-refractivity contribution is -0.0284. The first-order valence-corrected chi connectivity index (χ1v) is 5.90. The van der Waals surface area contributed by atoms with Gasteiger partial charge in [0.15, 0.2) is 5.82 Å². The molecular formula is C7H12N4O3S. The summed E-state index contributed by atoms with van der Waals surface area (Å²) in [5.74, 6) is -0.00648. The molecule has 0 unspecified atom stereocenters. The Kier molecular flexibility index (Phi) is 2.41. The molecule has 0 bridgehead atoms. The highest BCUT2D eigenvalue weighted by Crippen LogP contribution is 2.23. The van der Waals surface area contributed by atoms with Crippen molar-refractivity contribution in [1.29, 1.82) is 0 Å². The van der Waals surface area contributed by atoms with E-state index in [1.54, 1.807) is 7.05 Å². The van der Waals surface area contributed by atoms with Gasteiger partial charge in [-0.25, -0.2) is 8.42 Å². The third kappa shape index (κ3) is 1.71. The summed E-state index contributed by atoms with van der Waals surface area (Å²) in [6.07, 6.45) is 2.06. The highest BCUT2D eigenvalue weighted by molar-refractivity contribution is 7.89. The molecule has 1 aliphatic heterocycles. The second-order valence-corrected chi connectivity index (χ2v) is 5.07. The van der Waals surface area contributed by atoms with Gasteiger partial charge in [0.2, 0.25) is 0 Å². The zero-order valence-corrected chi connectivity index (χ0v) is 9.07. The first-order chi connectivity index (χ1) is 7.01. The fraction of sp³-hybridized carbons (Fsp3) is 0.571. The average molecular weight is 232 g/mol. The SMILES string of the molecule is Cn1cc(S(=O)(=O)N2CCCO2)c(N)n1. The summed E-state index contributed by atoms with van der Waals surface area (Å²) in [5, 5.41) is 3.78. The topological polar surface area (TPSA) is 90.5 Å². The minimum Gasteiger partial charge on any atom is -0.381 e. The van der Waals surface area contributed by atoms with Crippen molar-refractivity contribution in [2.75, 3.05) is 18.9 Å². The summed E-state index contributed by atoms with van der Waals surface area (Å²) in [7, 11) is -2.03. The summed E-state index contributed by atoms with van der Waals surface area (Å²) in [4.78, 5) is 4.98. The molecule has 1 aromatic rings. The molecule has 1 aromatic heterocycles. The van der Waals surface area contributed by atoms with E-state index in [0.29, 0.717) is 19.6 Å². The van der Waals surface area contributed by atoms with Crippen LogP contribution in [0.25, 0.3) is 0 Å². The Labute approximate surface area is 87.4 Å². The number of rotatable bonds is 2. The van der Waals surface area contributed by atoms with E-state index in [4.69, 9.17) is 10.6 Å². The first kappa shape index (κ1) is 10.4. The number of anilines is 1. The largest absolute Gasteiger partial charge is 0.381 e. The molecule has 1 saturated heterocycles. The zero-order valence-electron chi connectivity index (χ0n) is 8.25. The fourth-order valence-electron chi connectivity index (χ4n) is 1.41. The van der Waals surface area contributed by atoms with Crippen LogP contribution in [-0.2, 0) is 21.9 Å². The van der Waals surface area contributed by atoms with Crippen molar-refractivity contribution in [3.63, 3.8) is 0 Å².